The van der Waals surface area contributed by atoms with Crippen molar-refractivity contribution in [3.63, 3.8) is 0 Å². The molecule has 0 amide bonds. The predicted octanol–water partition coefficient (Wildman–Crippen LogP) is 5.15. The van der Waals surface area contributed by atoms with Gasteiger partial charge in [-0.05, 0) is 55.3 Å². The molecule has 0 saturated carbocycles. The van der Waals surface area contributed by atoms with E-state index in [9.17, 15) is 13.2 Å². The maximum absolute atomic E-state index is 13.5. The lowest BCUT2D eigenvalue weighted by molar-refractivity contribution is -0.137. The fraction of sp³-hybridized carbons (Fsp3) is 0.455. The highest BCUT2D eigenvalue weighted by molar-refractivity contribution is 6.31. The maximum Gasteiger partial charge on any atom is 0.417 e. The second-order valence-corrected chi connectivity index (χ2v) is 7.53. The highest BCUT2D eigenvalue weighted by Crippen LogP contribution is 2.40. The summed E-state index contributed by atoms with van der Waals surface area (Å²) in [6.45, 7) is 5.45. The summed E-state index contributed by atoms with van der Waals surface area (Å²) in [5, 5.41) is 3.04. The number of nitrogens with zero attached hydrogens (tertiary/aromatic N) is 1. The summed E-state index contributed by atoms with van der Waals surface area (Å²) >= 11 is 5.87. The van der Waals surface area contributed by atoms with E-state index in [1.54, 1.807) is 19.2 Å². The molecule has 2 aromatic carbocycles. The van der Waals surface area contributed by atoms with Crippen LogP contribution in [-0.2, 0) is 6.18 Å². The van der Waals surface area contributed by atoms with Gasteiger partial charge in [0.2, 0.25) is 0 Å². The van der Waals surface area contributed by atoms with Gasteiger partial charge >= 0.3 is 6.18 Å². The van der Waals surface area contributed by atoms with E-state index in [1.807, 2.05) is 19.1 Å². The molecule has 4 nitrogen and oxygen atoms in total. The van der Waals surface area contributed by atoms with Gasteiger partial charge in [0.05, 0.1) is 30.3 Å². The Kier molecular flexibility index (Phi) is 7.50. The van der Waals surface area contributed by atoms with E-state index in [0.717, 1.165) is 37.7 Å². The molecule has 30 heavy (non-hydrogen) atoms. The van der Waals surface area contributed by atoms with Crippen LogP contribution in [0.2, 0.25) is 5.02 Å². The van der Waals surface area contributed by atoms with Crippen LogP contribution in [0.3, 0.4) is 0 Å². The first-order valence-electron chi connectivity index (χ1n) is 9.97. The summed E-state index contributed by atoms with van der Waals surface area (Å²) < 4.78 is 51.6. The summed E-state index contributed by atoms with van der Waals surface area (Å²) in [7, 11) is 1.56. The summed E-state index contributed by atoms with van der Waals surface area (Å²) in [6, 6.07) is 9.33. The Morgan fingerprint density at radius 3 is 2.50 bits per heavy atom. The van der Waals surface area contributed by atoms with Gasteiger partial charge in [0.25, 0.3) is 0 Å². The molecule has 0 spiro atoms. The van der Waals surface area contributed by atoms with Crippen LogP contribution in [0.25, 0.3) is 0 Å². The zero-order valence-electron chi connectivity index (χ0n) is 17.1. The molecule has 164 valence electrons. The van der Waals surface area contributed by atoms with Crippen LogP contribution in [-0.4, -0.2) is 44.8 Å². The Morgan fingerprint density at radius 1 is 1.07 bits per heavy atom. The highest BCUT2D eigenvalue weighted by Gasteiger charge is 2.35. The van der Waals surface area contributed by atoms with Crippen LogP contribution in [0, 0.1) is 0 Å². The van der Waals surface area contributed by atoms with Crippen LogP contribution in [0.1, 0.15) is 36.1 Å². The zero-order valence-corrected chi connectivity index (χ0v) is 17.8. The molecule has 8 heteroatoms. The van der Waals surface area contributed by atoms with Crippen molar-refractivity contribution in [1.29, 1.82) is 0 Å². The third kappa shape index (κ3) is 5.20. The van der Waals surface area contributed by atoms with Crippen LogP contribution >= 0.6 is 11.6 Å². The number of rotatable bonds is 6. The van der Waals surface area contributed by atoms with Gasteiger partial charge < -0.3 is 14.8 Å². The summed E-state index contributed by atoms with van der Waals surface area (Å²) in [5.41, 5.74) is 0.566. The predicted molar refractivity (Wildman–Crippen MR) is 112 cm³/mol. The van der Waals surface area contributed by atoms with Gasteiger partial charge in [-0.2, -0.15) is 13.2 Å². The van der Waals surface area contributed by atoms with E-state index < -0.39 is 11.7 Å². The molecule has 0 bridgehead atoms. The molecule has 3 rings (SSSR count). The molecule has 1 N–H and O–H groups in total. The lowest BCUT2D eigenvalue weighted by Gasteiger charge is -2.32. The van der Waals surface area contributed by atoms with Crippen LogP contribution in [0.4, 0.5) is 13.2 Å². The number of halogens is 4. The van der Waals surface area contributed by atoms with Crippen molar-refractivity contribution in [2.24, 2.45) is 0 Å². The molecular formula is C22H26ClF3N2O2. The third-order valence-corrected chi connectivity index (χ3v) is 5.48. The average molecular weight is 443 g/mol. The normalized spacial score (nSPS) is 16.7. The Bertz CT molecular complexity index is 853. The highest BCUT2D eigenvalue weighted by atomic mass is 35.5. The van der Waals surface area contributed by atoms with Gasteiger partial charge in [-0.25, -0.2) is 0 Å². The van der Waals surface area contributed by atoms with Gasteiger partial charge in [-0.15, -0.1) is 0 Å². The molecule has 0 aromatic heterocycles. The Hall–Kier alpha value is -1.96. The number of ether oxygens (including phenoxy) is 2. The minimum atomic E-state index is -4.52. The Balaban J connectivity index is 2.11. The van der Waals surface area contributed by atoms with Gasteiger partial charge in [-0.3, -0.25) is 4.90 Å². The van der Waals surface area contributed by atoms with Crippen molar-refractivity contribution in [3.05, 3.63) is 58.1 Å². The van der Waals surface area contributed by atoms with Crippen LogP contribution < -0.4 is 14.8 Å². The van der Waals surface area contributed by atoms with Crippen molar-refractivity contribution in [2.75, 3.05) is 39.9 Å². The molecule has 1 saturated heterocycles. The van der Waals surface area contributed by atoms with Crippen molar-refractivity contribution in [2.45, 2.75) is 25.6 Å². The smallest absolute Gasteiger partial charge is 0.417 e. The van der Waals surface area contributed by atoms with Gasteiger partial charge in [0.1, 0.15) is 0 Å². The van der Waals surface area contributed by atoms with Gasteiger partial charge in [0.15, 0.2) is 11.5 Å². The number of methoxy groups -OCH3 is 1. The van der Waals surface area contributed by atoms with E-state index in [0.29, 0.717) is 30.2 Å². The summed E-state index contributed by atoms with van der Waals surface area (Å²) in [4.78, 5) is 2.20. The fourth-order valence-corrected chi connectivity index (χ4v) is 4.03. The molecule has 0 radical (unpaired) electrons. The van der Waals surface area contributed by atoms with Crippen molar-refractivity contribution in [1.82, 2.24) is 10.2 Å². The Morgan fingerprint density at radius 2 is 1.80 bits per heavy atom. The van der Waals surface area contributed by atoms with Crippen molar-refractivity contribution < 1.29 is 22.6 Å². The molecule has 1 atom stereocenters. The quantitative estimate of drug-likeness (QED) is 0.670. The second-order valence-electron chi connectivity index (χ2n) is 7.12. The van der Waals surface area contributed by atoms with Crippen molar-refractivity contribution in [3.8, 4) is 11.5 Å². The van der Waals surface area contributed by atoms with E-state index in [4.69, 9.17) is 21.1 Å². The molecule has 1 heterocycles. The van der Waals surface area contributed by atoms with Crippen LogP contribution in [0.5, 0.6) is 11.5 Å². The van der Waals surface area contributed by atoms with E-state index >= 15 is 0 Å². The number of hydrogen-bond donors (Lipinski definition) is 1. The Labute approximate surface area is 179 Å². The van der Waals surface area contributed by atoms with Crippen LogP contribution in [0.15, 0.2) is 36.4 Å². The molecule has 0 aliphatic carbocycles. The van der Waals surface area contributed by atoms with E-state index in [2.05, 4.69) is 10.2 Å². The van der Waals surface area contributed by atoms with E-state index in [1.165, 1.54) is 6.07 Å². The molecule has 1 fully saturated rings. The zero-order chi connectivity index (χ0) is 21.7. The molecule has 1 aliphatic heterocycles. The standard InChI is InChI=1S/C22H26ClF3N2O2/c1-3-30-20-14-16(6-8-19(20)29-2)21(28-11-4-9-27-10-12-28)15-5-7-18(23)17(13-15)22(24,25)26/h5-8,13-14,21,27H,3-4,9-12H2,1-2H3. The monoisotopic (exact) mass is 442 g/mol. The lowest BCUT2D eigenvalue weighted by Crippen LogP contribution is -2.33. The first-order chi connectivity index (χ1) is 14.3. The summed E-state index contributed by atoms with van der Waals surface area (Å²) in [5.74, 6) is 1.16. The number of alkyl halides is 3. The van der Waals surface area contributed by atoms with E-state index in [-0.39, 0.29) is 11.1 Å². The molecule has 1 aliphatic rings. The minimum Gasteiger partial charge on any atom is -0.493 e. The third-order valence-electron chi connectivity index (χ3n) is 5.15. The first-order valence-corrected chi connectivity index (χ1v) is 10.3. The minimum absolute atomic E-state index is 0.299. The number of nitrogens with one attached hydrogen (secondary N) is 1. The molecular weight excluding hydrogens is 417 g/mol. The largest absolute Gasteiger partial charge is 0.493 e. The topological polar surface area (TPSA) is 33.7 Å². The number of hydrogen-bond acceptors (Lipinski definition) is 4. The molecule has 1 unspecified atom stereocenters. The summed E-state index contributed by atoms with van der Waals surface area (Å²) in [6.07, 6.45) is -3.61. The average Bonchev–Trinajstić information content (AvgIpc) is 2.98. The SMILES string of the molecule is CCOc1cc(C(c2ccc(Cl)c(C(F)(F)F)c2)N2CCCNCC2)ccc1OC. The number of benzene rings is 2. The molecule has 2 aromatic rings. The van der Waals surface area contributed by atoms with Crippen molar-refractivity contribution >= 4 is 11.6 Å². The maximum atomic E-state index is 13.5. The first kappa shape index (κ1) is 22.7. The fourth-order valence-electron chi connectivity index (χ4n) is 3.80. The van der Waals surface area contributed by atoms with Gasteiger partial charge in [0, 0.05) is 19.6 Å². The second kappa shape index (κ2) is 9.90. The lowest BCUT2D eigenvalue weighted by atomic mass is 9.94. The van der Waals surface area contributed by atoms with Gasteiger partial charge in [-0.1, -0.05) is 23.7 Å².